The van der Waals surface area contributed by atoms with Crippen LogP contribution >= 0.6 is 0 Å². The molecule has 1 radical (unpaired) electrons. The molecule has 0 atom stereocenters. The molecular formula is C38H56BF2N4O6. The highest BCUT2D eigenvalue weighted by Gasteiger charge is 2.31. The van der Waals surface area contributed by atoms with Gasteiger partial charge in [-0.3, -0.25) is 0 Å². The van der Waals surface area contributed by atoms with Gasteiger partial charge >= 0.3 is 19.9 Å². The fourth-order valence-electron chi connectivity index (χ4n) is 6.46. The van der Waals surface area contributed by atoms with Gasteiger partial charge in [-0.05, 0) is 129 Å². The number of ether oxygens (including phenoxy) is 2. The SMILES string of the molecule is CN(C(=O)OC(C)(C)C)C1CCC(NCc2cc(O[B]Oc3ccc(F)c(CNC4CCC(N(C)C(=O)OC(C)(C)C)CC4)c3)ccc2F)CC1. The summed E-state index contributed by atoms with van der Waals surface area (Å²) in [6.07, 6.45) is 6.17. The van der Waals surface area contributed by atoms with E-state index in [1.165, 1.54) is 24.3 Å². The molecule has 0 bridgehead atoms. The molecule has 0 saturated heterocycles. The largest absolute Gasteiger partial charge is 0.658 e. The Balaban J connectivity index is 1.18. The molecule has 51 heavy (non-hydrogen) atoms. The zero-order valence-corrected chi connectivity index (χ0v) is 31.5. The van der Waals surface area contributed by atoms with Crippen LogP contribution < -0.4 is 19.9 Å². The first-order valence-electron chi connectivity index (χ1n) is 18.1. The number of carbonyl (C=O) groups is 2. The van der Waals surface area contributed by atoms with Gasteiger partial charge in [-0.15, -0.1) is 0 Å². The van der Waals surface area contributed by atoms with Crippen LogP contribution in [0.3, 0.4) is 0 Å². The number of amides is 2. The molecular weight excluding hydrogens is 657 g/mol. The molecule has 2 aliphatic rings. The van der Waals surface area contributed by atoms with Crippen molar-refractivity contribution in [3.63, 3.8) is 0 Å². The summed E-state index contributed by atoms with van der Waals surface area (Å²) in [5, 5.41) is 6.89. The lowest BCUT2D eigenvalue weighted by molar-refractivity contribution is 0.0169. The van der Waals surface area contributed by atoms with Crippen LogP contribution in [0.4, 0.5) is 18.4 Å². The van der Waals surface area contributed by atoms with Crippen LogP contribution in [0, 0.1) is 11.6 Å². The third kappa shape index (κ3) is 12.9. The van der Waals surface area contributed by atoms with Crippen molar-refractivity contribution in [2.24, 2.45) is 0 Å². The lowest BCUT2D eigenvalue weighted by Gasteiger charge is -2.35. The minimum Gasteiger partial charge on any atom is -0.526 e. The van der Waals surface area contributed by atoms with Crippen LogP contribution in [0.25, 0.3) is 0 Å². The second kappa shape index (κ2) is 17.8. The van der Waals surface area contributed by atoms with Gasteiger partial charge in [-0.2, -0.15) is 0 Å². The van der Waals surface area contributed by atoms with Crippen molar-refractivity contribution >= 4 is 19.9 Å². The van der Waals surface area contributed by atoms with E-state index < -0.39 is 11.2 Å². The van der Waals surface area contributed by atoms with E-state index in [1.807, 2.05) is 41.5 Å². The number of nitrogens with one attached hydrogen (secondary N) is 2. The van der Waals surface area contributed by atoms with Gasteiger partial charge in [0.15, 0.2) is 0 Å². The molecule has 2 fully saturated rings. The Bertz CT molecular complexity index is 1350. The molecule has 0 aliphatic heterocycles. The normalized spacial score (nSPS) is 21.0. The average molecular weight is 714 g/mol. The molecule has 2 aliphatic carbocycles. The highest BCUT2D eigenvalue weighted by atomic mass is 19.1. The third-order valence-electron chi connectivity index (χ3n) is 9.42. The molecule has 0 unspecified atom stereocenters. The zero-order valence-electron chi connectivity index (χ0n) is 31.5. The van der Waals surface area contributed by atoms with Crippen molar-refractivity contribution < 1.29 is 37.2 Å². The second-order valence-corrected chi connectivity index (χ2v) is 15.8. The van der Waals surface area contributed by atoms with Gasteiger partial charge < -0.3 is 39.2 Å². The van der Waals surface area contributed by atoms with Gasteiger partial charge in [0.05, 0.1) is 0 Å². The Hall–Kier alpha value is -3.58. The molecule has 2 N–H and O–H groups in total. The van der Waals surface area contributed by atoms with E-state index in [0.29, 0.717) is 35.7 Å². The lowest BCUT2D eigenvalue weighted by atomic mass is 9.90. The Morgan fingerprint density at radius 3 is 1.35 bits per heavy atom. The predicted octanol–water partition coefficient (Wildman–Crippen LogP) is 7.49. The van der Waals surface area contributed by atoms with E-state index >= 15 is 0 Å². The van der Waals surface area contributed by atoms with Crippen molar-refractivity contribution in [2.45, 2.75) is 141 Å². The molecule has 10 nitrogen and oxygen atoms in total. The summed E-state index contributed by atoms with van der Waals surface area (Å²) >= 11 is 0. The Morgan fingerprint density at radius 2 is 1.02 bits per heavy atom. The average Bonchev–Trinajstić information content (AvgIpc) is 3.06. The number of halogens is 2. The summed E-state index contributed by atoms with van der Waals surface area (Å²) in [5.41, 5.74) is -0.139. The smallest absolute Gasteiger partial charge is 0.526 e. The number of carbonyl (C=O) groups excluding carboxylic acids is 2. The van der Waals surface area contributed by atoms with Gasteiger partial charge in [-0.1, -0.05) is 0 Å². The summed E-state index contributed by atoms with van der Waals surface area (Å²) in [7, 11) is 4.72. The summed E-state index contributed by atoms with van der Waals surface area (Å²) in [6.45, 7) is 11.8. The fraction of sp³-hybridized carbons (Fsp3) is 0.632. The van der Waals surface area contributed by atoms with E-state index in [0.717, 1.165) is 59.1 Å². The molecule has 281 valence electrons. The van der Waals surface area contributed by atoms with Gasteiger partial charge in [-0.25, -0.2) is 18.4 Å². The Kier molecular flexibility index (Phi) is 14.0. The van der Waals surface area contributed by atoms with Crippen molar-refractivity contribution in [1.29, 1.82) is 0 Å². The van der Waals surface area contributed by atoms with E-state index in [1.54, 1.807) is 36.0 Å². The number of rotatable bonds is 12. The highest BCUT2D eigenvalue weighted by Crippen LogP contribution is 2.27. The topological polar surface area (TPSA) is 102 Å². The number of hydrogen-bond acceptors (Lipinski definition) is 8. The minimum atomic E-state index is -0.537. The highest BCUT2D eigenvalue weighted by molar-refractivity contribution is 6.20. The molecule has 2 amide bonds. The first-order valence-corrected chi connectivity index (χ1v) is 18.1. The first-order chi connectivity index (χ1) is 24.0. The zero-order chi connectivity index (χ0) is 37.3. The van der Waals surface area contributed by atoms with E-state index in [-0.39, 0.29) is 48.0 Å². The first kappa shape index (κ1) is 40.2. The Labute approximate surface area is 303 Å². The summed E-state index contributed by atoms with van der Waals surface area (Å²) in [6, 6.07) is 9.66. The number of benzene rings is 2. The van der Waals surface area contributed by atoms with Gasteiger partial charge in [0.25, 0.3) is 0 Å². The van der Waals surface area contributed by atoms with Gasteiger partial charge in [0.1, 0.15) is 34.3 Å². The summed E-state index contributed by atoms with van der Waals surface area (Å²) < 4.78 is 51.7. The molecule has 2 aromatic rings. The van der Waals surface area contributed by atoms with Crippen LogP contribution in [0.2, 0.25) is 0 Å². The maximum absolute atomic E-state index is 14.7. The maximum Gasteiger partial charge on any atom is 0.658 e. The molecule has 0 aromatic heterocycles. The molecule has 2 saturated carbocycles. The maximum atomic E-state index is 14.7. The van der Waals surface area contributed by atoms with Crippen molar-refractivity contribution in [3.8, 4) is 11.5 Å². The quantitative estimate of drug-likeness (QED) is 0.218. The molecule has 0 heterocycles. The molecule has 13 heteroatoms. The van der Waals surface area contributed by atoms with Crippen LogP contribution in [0.1, 0.15) is 104 Å². The second-order valence-electron chi connectivity index (χ2n) is 15.8. The van der Waals surface area contributed by atoms with E-state index in [9.17, 15) is 18.4 Å². The van der Waals surface area contributed by atoms with Gasteiger partial charge in [0, 0.05) is 62.5 Å². The van der Waals surface area contributed by atoms with Crippen molar-refractivity contribution in [2.75, 3.05) is 14.1 Å². The standard InChI is InChI=1S/C38H56BF2N4O6/c1-37(2,3)48-35(46)44(7)29-13-9-27(10-14-29)42-23-25-21-31(17-19-33(25)40)50-39-51-32-18-20-34(41)26(22-32)24-43-28-11-15-30(16-12-28)45(8)36(47)49-38(4,5)6/h17-22,27-30,42-43H,9-16,23-24H2,1-8H3. The van der Waals surface area contributed by atoms with Crippen LogP contribution in [0.15, 0.2) is 36.4 Å². The van der Waals surface area contributed by atoms with E-state index in [4.69, 9.17) is 18.8 Å². The number of nitrogens with zero attached hydrogens (tertiary/aromatic N) is 2. The molecule has 2 aromatic carbocycles. The summed E-state index contributed by atoms with van der Waals surface area (Å²) in [4.78, 5) is 28.3. The monoisotopic (exact) mass is 713 g/mol. The third-order valence-corrected chi connectivity index (χ3v) is 9.42. The summed E-state index contributed by atoms with van der Waals surface area (Å²) in [5.74, 6) is 0.141. The molecule has 0 spiro atoms. The van der Waals surface area contributed by atoms with Crippen LogP contribution in [-0.2, 0) is 22.6 Å². The Morgan fingerprint density at radius 1 is 0.667 bits per heavy atom. The van der Waals surface area contributed by atoms with E-state index in [2.05, 4.69) is 10.6 Å². The van der Waals surface area contributed by atoms with Crippen LogP contribution in [-0.4, -0.2) is 79.1 Å². The predicted molar refractivity (Wildman–Crippen MR) is 194 cm³/mol. The lowest BCUT2D eigenvalue weighted by Crippen LogP contribution is -2.44. The fourth-order valence-corrected chi connectivity index (χ4v) is 6.46. The van der Waals surface area contributed by atoms with Crippen LogP contribution in [0.5, 0.6) is 11.5 Å². The minimum absolute atomic E-state index is 0.112. The van der Waals surface area contributed by atoms with Crippen molar-refractivity contribution in [1.82, 2.24) is 20.4 Å². The molecule has 4 rings (SSSR count). The van der Waals surface area contributed by atoms with Crippen molar-refractivity contribution in [3.05, 3.63) is 59.2 Å². The van der Waals surface area contributed by atoms with Gasteiger partial charge in [0.2, 0.25) is 0 Å². The number of hydrogen-bond donors (Lipinski definition) is 2.